The van der Waals surface area contributed by atoms with Crippen LogP contribution in [-0.4, -0.2) is 23.7 Å². The minimum atomic E-state index is -0.414. The van der Waals surface area contributed by atoms with Crippen molar-refractivity contribution in [2.24, 2.45) is 5.41 Å². The Balaban J connectivity index is 2.31. The standard InChI is InChI=1S/C15H22ClNO2/c1-15(2,3)13(18)8-9-17-14(19)10-11-4-6-12(16)7-5-11/h4-7,13,18H,8-10H2,1-3H3,(H,17,19)/t13-/m1/s1. The van der Waals surface area contributed by atoms with E-state index in [2.05, 4.69) is 5.32 Å². The molecular formula is C15H22ClNO2. The Hall–Kier alpha value is -1.06. The fourth-order valence-electron chi connectivity index (χ4n) is 1.63. The van der Waals surface area contributed by atoms with Gasteiger partial charge in [0.15, 0.2) is 0 Å². The second-order valence-electron chi connectivity index (χ2n) is 5.82. The molecule has 1 aromatic rings. The third kappa shape index (κ3) is 6.08. The molecule has 106 valence electrons. The first kappa shape index (κ1) is 16.0. The molecule has 4 heteroatoms. The number of hydrogen-bond acceptors (Lipinski definition) is 2. The molecule has 0 aliphatic heterocycles. The van der Waals surface area contributed by atoms with Gasteiger partial charge in [0, 0.05) is 11.6 Å². The molecule has 1 atom stereocenters. The maximum atomic E-state index is 11.7. The molecular weight excluding hydrogens is 262 g/mol. The Morgan fingerprint density at radius 2 is 1.89 bits per heavy atom. The van der Waals surface area contributed by atoms with E-state index in [4.69, 9.17) is 11.6 Å². The topological polar surface area (TPSA) is 49.3 Å². The summed E-state index contributed by atoms with van der Waals surface area (Å²) in [6.45, 7) is 6.43. The van der Waals surface area contributed by atoms with Crippen molar-refractivity contribution in [1.29, 1.82) is 0 Å². The molecule has 19 heavy (non-hydrogen) atoms. The molecule has 0 aliphatic rings. The van der Waals surface area contributed by atoms with Crippen molar-refractivity contribution < 1.29 is 9.90 Å². The normalized spacial score (nSPS) is 13.1. The molecule has 0 aliphatic carbocycles. The SMILES string of the molecule is CC(C)(C)[C@H](O)CCNC(=O)Cc1ccc(Cl)cc1. The van der Waals surface area contributed by atoms with Crippen molar-refractivity contribution in [2.75, 3.05) is 6.54 Å². The molecule has 0 saturated heterocycles. The highest BCUT2D eigenvalue weighted by molar-refractivity contribution is 6.30. The average molecular weight is 284 g/mol. The summed E-state index contributed by atoms with van der Waals surface area (Å²) in [5.41, 5.74) is 0.777. The van der Waals surface area contributed by atoms with Gasteiger partial charge in [-0.25, -0.2) is 0 Å². The number of carbonyl (C=O) groups is 1. The first-order valence-electron chi connectivity index (χ1n) is 6.48. The summed E-state index contributed by atoms with van der Waals surface area (Å²) < 4.78 is 0. The van der Waals surface area contributed by atoms with Crippen molar-refractivity contribution in [3.8, 4) is 0 Å². The van der Waals surface area contributed by atoms with Gasteiger partial charge in [0.25, 0.3) is 0 Å². The number of rotatable bonds is 5. The number of halogens is 1. The van der Waals surface area contributed by atoms with Gasteiger partial charge >= 0.3 is 0 Å². The van der Waals surface area contributed by atoms with Gasteiger partial charge in [-0.2, -0.15) is 0 Å². The lowest BCUT2D eigenvalue weighted by molar-refractivity contribution is -0.120. The van der Waals surface area contributed by atoms with Crippen LogP contribution in [0.25, 0.3) is 0 Å². The quantitative estimate of drug-likeness (QED) is 0.873. The van der Waals surface area contributed by atoms with Gasteiger partial charge in [-0.3, -0.25) is 4.79 Å². The Morgan fingerprint density at radius 1 is 1.32 bits per heavy atom. The van der Waals surface area contributed by atoms with Crippen molar-refractivity contribution in [3.05, 3.63) is 34.9 Å². The summed E-state index contributed by atoms with van der Waals surface area (Å²) in [5.74, 6) is -0.0385. The summed E-state index contributed by atoms with van der Waals surface area (Å²) >= 11 is 5.78. The molecule has 0 radical (unpaired) electrons. The third-order valence-electron chi connectivity index (χ3n) is 3.02. The van der Waals surface area contributed by atoms with Crippen molar-refractivity contribution in [1.82, 2.24) is 5.32 Å². The molecule has 0 saturated carbocycles. The molecule has 1 amide bonds. The predicted molar refractivity (Wildman–Crippen MR) is 78.2 cm³/mol. The van der Waals surface area contributed by atoms with Gasteiger partial charge in [-0.05, 0) is 29.5 Å². The highest BCUT2D eigenvalue weighted by Crippen LogP contribution is 2.20. The summed E-state index contributed by atoms with van der Waals surface area (Å²) in [6.07, 6.45) is 0.488. The molecule has 2 N–H and O–H groups in total. The fraction of sp³-hybridized carbons (Fsp3) is 0.533. The second kappa shape index (κ2) is 6.92. The highest BCUT2D eigenvalue weighted by Gasteiger charge is 2.21. The molecule has 3 nitrogen and oxygen atoms in total. The molecule has 1 aromatic carbocycles. The lowest BCUT2D eigenvalue weighted by Crippen LogP contribution is -2.33. The zero-order valence-electron chi connectivity index (χ0n) is 11.7. The zero-order chi connectivity index (χ0) is 14.5. The maximum absolute atomic E-state index is 11.7. The Labute approximate surface area is 120 Å². The van der Waals surface area contributed by atoms with E-state index in [0.717, 1.165) is 5.56 Å². The van der Waals surface area contributed by atoms with Crippen LogP contribution < -0.4 is 5.32 Å². The monoisotopic (exact) mass is 283 g/mol. The van der Waals surface area contributed by atoms with E-state index in [1.165, 1.54) is 0 Å². The summed E-state index contributed by atoms with van der Waals surface area (Å²) in [6, 6.07) is 7.22. The van der Waals surface area contributed by atoms with Gasteiger partial charge in [0.1, 0.15) is 0 Å². The van der Waals surface area contributed by atoms with Crippen molar-refractivity contribution in [2.45, 2.75) is 39.7 Å². The molecule has 0 bridgehead atoms. The van der Waals surface area contributed by atoms with Gasteiger partial charge < -0.3 is 10.4 Å². The van der Waals surface area contributed by atoms with Crippen LogP contribution in [0.15, 0.2) is 24.3 Å². The van der Waals surface area contributed by atoms with Gasteiger partial charge in [-0.1, -0.05) is 44.5 Å². The second-order valence-corrected chi connectivity index (χ2v) is 6.26. The van der Waals surface area contributed by atoms with E-state index in [9.17, 15) is 9.90 Å². The first-order valence-corrected chi connectivity index (χ1v) is 6.86. The summed E-state index contributed by atoms with van der Waals surface area (Å²) in [7, 11) is 0. The minimum absolute atomic E-state index is 0.0385. The van der Waals surface area contributed by atoms with Crippen LogP contribution in [0.5, 0.6) is 0 Å². The number of benzene rings is 1. The molecule has 1 rings (SSSR count). The van der Waals surface area contributed by atoms with E-state index >= 15 is 0 Å². The van der Waals surface area contributed by atoms with Crippen LogP contribution >= 0.6 is 11.6 Å². The Morgan fingerprint density at radius 3 is 2.42 bits per heavy atom. The summed E-state index contributed by atoms with van der Waals surface area (Å²) in [4.78, 5) is 11.7. The van der Waals surface area contributed by atoms with E-state index < -0.39 is 6.10 Å². The summed E-state index contributed by atoms with van der Waals surface area (Å²) in [5, 5.41) is 13.3. The van der Waals surface area contributed by atoms with Crippen molar-refractivity contribution >= 4 is 17.5 Å². The third-order valence-corrected chi connectivity index (χ3v) is 3.27. The van der Waals surface area contributed by atoms with Crippen LogP contribution in [0.4, 0.5) is 0 Å². The van der Waals surface area contributed by atoms with E-state index in [1.807, 2.05) is 32.9 Å². The van der Waals surface area contributed by atoms with Crippen LogP contribution in [0.1, 0.15) is 32.8 Å². The van der Waals surface area contributed by atoms with Gasteiger partial charge in [0.05, 0.1) is 12.5 Å². The highest BCUT2D eigenvalue weighted by atomic mass is 35.5. The van der Waals surface area contributed by atoms with Gasteiger partial charge in [-0.15, -0.1) is 0 Å². The molecule has 0 spiro atoms. The lowest BCUT2D eigenvalue weighted by Gasteiger charge is -2.25. The van der Waals surface area contributed by atoms with Crippen LogP contribution in [-0.2, 0) is 11.2 Å². The average Bonchev–Trinajstić information content (AvgIpc) is 2.31. The zero-order valence-corrected chi connectivity index (χ0v) is 12.5. The van der Waals surface area contributed by atoms with Crippen molar-refractivity contribution in [3.63, 3.8) is 0 Å². The molecule has 0 aromatic heterocycles. The minimum Gasteiger partial charge on any atom is -0.393 e. The number of amides is 1. The maximum Gasteiger partial charge on any atom is 0.224 e. The Kier molecular flexibility index (Phi) is 5.83. The molecule has 0 unspecified atom stereocenters. The van der Waals surface area contributed by atoms with E-state index in [0.29, 0.717) is 24.4 Å². The van der Waals surface area contributed by atoms with Gasteiger partial charge in [0.2, 0.25) is 5.91 Å². The largest absolute Gasteiger partial charge is 0.393 e. The molecule has 0 fully saturated rings. The number of carbonyl (C=O) groups excluding carboxylic acids is 1. The fourth-order valence-corrected chi connectivity index (χ4v) is 1.76. The predicted octanol–water partition coefficient (Wildman–Crippen LogP) is 2.80. The lowest BCUT2D eigenvalue weighted by atomic mass is 9.87. The van der Waals surface area contributed by atoms with Crippen LogP contribution in [0.2, 0.25) is 5.02 Å². The number of aliphatic hydroxyl groups excluding tert-OH is 1. The Bertz CT molecular complexity index is 409. The number of aliphatic hydroxyl groups is 1. The smallest absolute Gasteiger partial charge is 0.224 e. The van der Waals surface area contributed by atoms with Crippen LogP contribution in [0.3, 0.4) is 0 Å². The van der Waals surface area contributed by atoms with E-state index in [1.54, 1.807) is 12.1 Å². The van der Waals surface area contributed by atoms with E-state index in [-0.39, 0.29) is 11.3 Å². The molecule has 0 heterocycles. The first-order chi connectivity index (χ1) is 8.79. The number of nitrogens with one attached hydrogen (secondary N) is 1. The number of hydrogen-bond donors (Lipinski definition) is 2. The van der Waals surface area contributed by atoms with Crippen LogP contribution in [0, 0.1) is 5.41 Å².